The van der Waals surface area contributed by atoms with Crippen LogP contribution in [0.1, 0.15) is 34.9 Å². The molecule has 0 bridgehead atoms. The molecule has 1 atom stereocenters. The van der Waals surface area contributed by atoms with E-state index in [0.29, 0.717) is 38.9 Å². The molecule has 0 aliphatic heterocycles. The van der Waals surface area contributed by atoms with Crippen molar-refractivity contribution in [1.29, 1.82) is 0 Å². The number of benzene rings is 2. The molecule has 8 heteroatoms. The maximum Gasteiger partial charge on any atom is 0.251 e. The molecule has 1 aliphatic rings. The second-order valence-corrected chi connectivity index (χ2v) is 8.01. The largest absolute Gasteiger partial charge is 0.387 e. The van der Waals surface area contributed by atoms with Crippen molar-refractivity contribution in [2.24, 2.45) is 0 Å². The molecule has 2 aromatic carbocycles. The van der Waals surface area contributed by atoms with Crippen molar-refractivity contribution >= 4 is 35.1 Å². The van der Waals surface area contributed by atoms with E-state index in [-0.39, 0.29) is 12.5 Å². The van der Waals surface area contributed by atoms with Crippen LogP contribution in [0.2, 0.25) is 10.0 Å². The number of nitrogens with one attached hydrogen (secondary N) is 2. The Morgan fingerprint density at radius 3 is 2.63 bits per heavy atom. The van der Waals surface area contributed by atoms with Crippen LogP contribution in [0, 0.1) is 0 Å². The lowest BCUT2D eigenvalue weighted by Gasteiger charge is -2.13. The van der Waals surface area contributed by atoms with Crippen molar-refractivity contribution in [3.8, 4) is 11.3 Å². The molecule has 1 unspecified atom stereocenters. The molecule has 4 rings (SSSR count). The van der Waals surface area contributed by atoms with Crippen molar-refractivity contribution in [2.75, 3.05) is 11.9 Å². The van der Waals surface area contributed by atoms with Gasteiger partial charge < -0.3 is 15.7 Å². The number of hydrogen-bond acceptors (Lipinski definition) is 5. The highest BCUT2D eigenvalue weighted by molar-refractivity contribution is 6.33. The average molecular weight is 443 g/mol. The highest BCUT2D eigenvalue weighted by Gasteiger charge is 2.22. The Bertz CT molecular complexity index is 1060. The molecule has 0 radical (unpaired) electrons. The zero-order valence-corrected chi connectivity index (χ0v) is 17.5. The van der Waals surface area contributed by atoms with Crippen molar-refractivity contribution in [3.05, 3.63) is 75.9 Å². The van der Waals surface area contributed by atoms with E-state index in [1.54, 1.807) is 54.7 Å². The standard InChI is InChI=1S/C22H20Cl2N4O2/c23-16-3-1-2-15(10-16)19(29)12-25-21(30)14-6-4-13(5-7-14)20-18(24)11-26-22(28-20)27-17-8-9-17/h1-7,10-11,17,19,29H,8-9,12H2,(H,25,30)(H,26,27,28). The number of halogens is 2. The van der Waals surface area contributed by atoms with E-state index in [9.17, 15) is 9.90 Å². The van der Waals surface area contributed by atoms with E-state index in [0.717, 1.165) is 18.4 Å². The molecule has 0 saturated heterocycles. The van der Waals surface area contributed by atoms with E-state index in [2.05, 4.69) is 20.6 Å². The van der Waals surface area contributed by atoms with Crippen molar-refractivity contribution in [3.63, 3.8) is 0 Å². The molecule has 0 spiro atoms. The van der Waals surface area contributed by atoms with Crippen LogP contribution in [-0.4, -0.2) is 33.6 Å². The number of carbonyl (C=O) groups excluding carboxylic acids is 1. The minimum atomic E-state index is -0.843. The molecule has 1 fully saturated rings. The van der Waals surface area contributed by atoms with E-state index in [1.807, 2.05) is 0 Å². The van der Waals surface area contributed by atoms with Gasteiger partial charge in [0.2, 0.25) is 5.95 Å². The Kier molecular flexibility index (Phi) is 6.18. The Balaban J connectivity index is 1.41. The maximum absolute atomic E-state index is 12.4. The van der Waals surface area contributed by atoms with Gasteiger partial charge in [-0.3, -0.25) is 4.79 Å². The lowest BCUT2D eigenvalue weighted by Crippen LogP contribution is -2.28. The highest BCUT2D eigenvalue weighted by Crippen LogP contribution is 2.28. The average Bonchev–Trinajstić information content (AvgIpc) is 3.57. The number of aliphatic hydroxyl groups is 1. The normalized spacial score (nSPS) is 14.2. The first-order valence-electron chi connectivity index (χ1n) is 9.61. The summed E-state index contributed by atoms with van der Waals surface area (Å²) in [5, 5.41) is 17.2. The van der Waals surface area contributed by atoms with Gasteiger partial charge in [0.1, 0.15) is 0 Å². The summed E-state index contributed by atoms with van der Waals surface area (Å²) in [7, 11) is 0. The number of rotatable bonds is 7. The van der Waals surface area contributed by atoms with E-state index >= 15 is 0 Å². The maximum atomic E-state index is 12.4. The molecule has 1 aliphatic carbocycles. The number of nitrogens with zero attached hydrogens (tertiary/aromatic N) is 2. The van der Waals surface area contributed by atoms with Crippen molar-refractivity contribution < 1.29 is 9.90 Å². The zero-order chi connectivity index (χ0) is 21.1. The van der Waals surface area contributed by atoms with Gasteiger partial charge in [0.25, 0.3) is 5.91 Å². The molecule has 30 heavy (non-hydrogen) atoms. The Hall–Kier alpha value is -2.67. The first kappa shape index (κ1) is 20.6. The third-order valence-corrected chi connectivity index (χ3v) is 5.28. The number of anilines is 1. The van der Waals surface area contributed by atoms with E-state index in [4.69, 9.17) is 23.2 Å². The van der Waals surface area contributed by atoms with Crippen LogP contribution in [0.15, 0.2) is 54.7 Å². The molecule has 3 aromatic rings. The van der Waals surface area contributed by atoms with E-state index in [1.165, 1.54) is 0 Å². The summed E-state index contributed by atoms with van der Waals surface area (Å²) in [6.45, 7) is 0.0782. The number of hydrogen-bond donors (Lipinski definition) is 3. The van der Waals surface area contributed by atoms with Crippen LogP contribution in [0.5, 0.6) is 0 Å². The van der Waals surface area contributed by atoms with Gasteiger partial charge in [0.05, 0.1) is 23.0 Å². The lowest BCUT2D eigenvalue weighted by atomic mass is 10.1. The second-order valence-electron chi connectivity index (χ2n) is 7.17. The van der Waals surface area contributed by atoms with Gasteiger partial charge >= 0.3 is 0 Å². The Morgan fingerprint density at radius 1 is 1.17 bits per heavy atom. The Labute approximate surface area is 184 Å². The van der Waals surface area contributed by atoms with Gasteiger partial charge in [-0.05, 0) is 42.7 Å². The minimum absolute atomic E-state index is 0.0782. The predicted octanol–water partition coefficient (Wildman–Crippen LogP) is 4.49. The van der Waals surface area contributed by atoms with Gasteiger partial charge in [-0.1, -0.05) is 47.5 Å². The van der Waals surface area contributed by atoms with Crippen molar-refractivity contribution in [1.82, 2.24) is 15.3 Å². The molecule has 154 valence electrons. The summed E-state index contributed by atoms with van der Waals surface area (Å²) in [5.41, 5.74) is 2.51. The number of aliphatic hydroxyl groups excluding tert-OH is 1. The van der Waals surface area contributed by atoms with Crippen molar-refractivity contribution in [2.45, 2.75) is 25.0 Å². The van der Waals surface area contributed by atoms with Crippen LogP contribution < -0.4 is 10.6 Å². The Morgan fingerprint density at radius 2 is 1.93 bits per heavy atom. The van der Waals surface area contributed by atoms with Gasteiger partial charge in [0, 0.05) is 28.7 Å². The summed E-state index contributed by atoms with van der Waals surface area (Å²) in [6.07, 6.45) is 2.98. The zero-order valence-electron chi connectivity index (χ0n) is 16.0. The fourth-order valence-electron chi connectivity index (χ4n) is 2.95. The predicted molar refractivity (Wildman–Crippen MR) is 118 cm³/mol. The summed E-state index contributed by atoms with van der Waals surface area (Å²) < 4.78 is 0. The van der Waals surface area contributed by atoms with Crippen LogP contribution in [0.4, 0.5) is 5.95 Å². The third-order valence-electron chi connectivity index (χ3n) is 4.76. The number of carbonyl (C=O) groups is 1. The van der Waals surface area contributed by atoms with Crippen LogP contribution in [0.25, 0.3) is 11.3 Å². The summed E-state index contributed by atoms with van der Waals surface area (Å²) in [6, 6.07) is 14.3. The lowest BCUT2D eigenvalue weighted by molar-refractivity contribution is 0.0916. The molecule has 6 nitrogen and oxygen atoms in total. The molecular formula is C22H20Cl2N4O2. The van der Waals surface area contributed by atoms with E-state index < -0.39 is 6.10 Å². The van der Waals surface area contributed by atoms with Gasteiger partial charge in [-0.25, -0.2) is 9.97 Å². The first-order chi connectivity index (χ1) is 14.5. The third kappa shape index (κ3) is 5.08. The first-order valence-corrected chi connectivity index (χ1v) is 10.4. The minimum Gasteiger partial charge on any atom is -0.387 e. The fourth-order valence-corrected chi connectivity index (χ4v) is 3.35. The smallest absolute Gasteiger partial charge is 0.251 e. The second kappa shape index (κ2) is 9.00. The van der Waals surface area contributed by atoms with Crippen LogP contribution in [0.3, 0.4) is 0 Å². The molecule has 1 heterocycles. The highest BCUT2D eigenvalue weighted by atomic mass is 35.5. The number of aromatic nitrogens is 2. The fraction of sp³-hybridized carbons (Fsp3) is 0.227. The van der Waals surface area contributed by atoms with Gasteiger partial charge in [0.15, 0.2) is 0 Å². The monoisotopic (exact) mass is 442 g/mol. The summed E-state index contributed by atoms with van der Waals surface area (Å²) >= 11 is 12.2. The van der Waals surface area contributed by atoms with Crippen LogP contribution >= 0.6 is 23.2 Å². The van der Waals surface area contributed by atoms with Gasteiger partial charge in [-0.2, -0.15) is 0 Å². The molecule has 1 saturated carbocycles. The molecule has 1 amide bonds. The van der Waals surface area contributed by atoms with Gasteiger partial charge in [-0.15, -0.1) is 0 Å². The topological polar surface area (TPSA) is 87.1 Å². The quantitative estimate of drug-likeness (QED) is 0.501. The number of amides is 1. The molecular weight excluding hydrogens is 423 g/mol. The summed E-state index contributed by atoms with van der Waals surface area (Å²) in [5.74, 6) is 0.265. The molecule has 1 aromatic heterocycles. The SMILES string of the molecule is O=C(NCC(O)c1cccc(Cl)c1)c1ccc(-c2nc(NC3CC3)ncc2Cl)cc1. The van der Waals surface area contributed by atoms with Crippen LogP contribution in [-0.2, 0) is 0 Å². The summed E-state index contributed by atoms with van der Waals surface area (Å²) in [4.78, 5) is 21.1. The molecule has 3 N–H and O–H groups in total.